The fraction of sp³-hybridized carbons (Fsp3) is 0.333. The number of rotatable bonds is 7. The first-order valence-corrected chi connectivity index (χ1v) is 6.70. The number of aromatic nitrogens is 2. The van der Waals surface area contributed by atoms with Crippen LogP contribution in [-0.4, -0.2) is 34.5 Å². The molecule has 0 unspecified atom stereocenters. The number of ether oxygens (including phenoxy) is 1. The van der Waals surface area contributed by atoms with E-state index in [1.807, 2.05) is 24.3 Å². The maximum absolute atomic E-state index is 11.1. The van der Waals surface area contributed by atoms with Crippen molar-refractivity contribution < 1.29 is 14.6 Å². The van der Waals surface area contributed by atoms with Crippen molar-refractivity contribution in [2.75, 3.05) is 13.7 Å². The number of carboxylic acids is 1. The lowest BCUT2D eigenvalue weighted by molar-refractivity contribution is 0.0695. The van der Waals surface area contributed by atoms with Crippen LogP contribution < -0.4 is 10.1 Å². The van der Waals surface area contributed by atoms with Crippen molar-refractivity contribution in [3.05, 3.63) is 47.3 Å². The van der Waals surface area contributed by atoms with Gasteiger partial charge in [0.05, 0.1) is 19.0 Å². The Morgan fingerprint density at radius 3 is 2.90 bits per heavy atom. The lowest BCUT2D eigenvalue weighted by Gasteiger charge is -2.09. The molecule has 6 nitrogen and oxygen atoms in total. The Balaban J connectivity index is 1.91. The van der Waals surface area contributed by atoms with Gasteiger partial charge in [-0.05, 0) is 24.6 Å². The van der Waals surface area contributed by atoms with Crippen LogP contribution in [0.15, 0.2) is 30.5 Å². The van der Waals surface area contributed by atoms with Crippen molar-refractivity contribution in [1.29, 1.82) is 0 Å². The van der Waals surface area contributed by atoms with E-state index in [2.05, 4.69) is 10.4 Å². The summed E-state index contributed by atoms with van der Waals surface area (Å²) < 4.78 is 6.88. The second-order valence-corrected chi connectivity index (χ2v) is 4.67. The minimum absolute atomic E-state index is 0.238. The van der Waals surface area contributed by atoms with Crippen molar-refractivity contribution in [3.63, 3.8) is 0 Å². The fourth-order valence-corrected chi connectivity index (χ4v) is 2.19. The highest BCUT2D eigenvalue weighted by Gasteiger charge is 2.14. The molecule has 0 saturated heterocycles. The Hall–Kier alpha value is -2.34. The number of carboxylic acid groups (broad SMARTS) is 1. The monoisotopic (exact) mass is 289 g/mol. The summed E-state index contributed by atoms with van der Waals surface area (Å²) in [4.78, 5) is 11.1. The van der Waals surface area contributed by atoms with E-state index < -0.39 is 5.97 Å². The Morgan fingerprint density at radius 2 is 2.19 bits per heavy atom. The lowest BCUT2D eigenvalue weighted by atomic mass is 10.1. The number of carbonyl (C=O) groups is 1. The fourth-order valence-electron chi connectivity index (χ4n) is 2.19. The van der Waals surface area contributed by atoms with Crippen LogP contribution in [0, 0.1) is 0 Å². The Morgan fingerprint density at radius 1 is 1.43 bits per heavy atom. The topological polar surface area (TPSA) is 76.4 Å². The van der Waals surface area contributed by atoms with Crippen LogP contribution >= 0.6 is 0 Å². The lowest BCUT2D eigenvalue weighted by Crippen LogP contribution is -2.20. The number of para-hydroxylation sites is 1. The Bertz CT molecular complexity index is 622. The van der Waals surface area contributed by atoms with E-state index in [1.165, 1.54) is 6.20 Å². The van der Waals surface area contributed by atoms with Gasteiger partial charge < -0.3 is 15.2 Å². The molecule has 0 atom stereocenters. The highest BCUT2D eigenvalue weighted by Crippen LogP contribution is 2.17. The molecule has 21 heavy (non-hydrogen) atoms. The highest BCUT2D eigenvalue weighted by atomic mass is 16.5. The molecule has 0 aliphatic heterocycles. The second-order valence-electron chi connectivity index (χ2n) is 4.67. The predicted molar refractivity (Wildman–Crippen MR) is 78.6 cm³/mol. The highest BCUT2D eigenvalue weighted by molar-refractivity contribution is 5.88. The number of benzene rings is 1. The van der Waals surface area contributed by atoms with Crippen LogP contribution in [0.1, 0.15) is 21.6 Å². The molecule has 0 aliphatic rings. The average molecular weight is 289 g/mol. The quantitative estimate of drug-likeness (QED) is 0.755. The summed E-state index contributed by atoms with van der Waals surface area (Å²) in [5.74, 6) is -0.0873. The first kappa shape index (κ1) is 15.1. The van der Waals surface area contributed by atoms with E-state index in [-0.39, 0.29) is 5.56 Å². The molecule has 1 aromatic carbocycles. The molecular weight excluding hydrogens is 270 g/mol. The minimum Gasteiger partial charge on any atom is -0.496 e. The molecular formula is C15H19N3O3. The molecule has 0 bridgehead atoms. The zero-order valence-electron chi connectivity index (χ0n) is 12.2. The smallest absolute Gasteiger partial charge is 0.339 e. The van der Waals surface area contributed by atoms with Gasteiger partial charge in [0, 0.05) is 13.6 Å². The minimum atomic E-state index is -0.954. The third-order valence-corrected chi connectivity index (χ3v) is 3.35. The third kappa shape index (κ3) is 3.61. The van der Waals surface area contributed by atoms with E-state index in [0.717, 1.165) is 24.3 Å². The van der Waals surface area contributed by atoms with Gasteiger partial charge in [-0.3, -0.25) is 4.68 Å². The van der Waals surface area contributed by atoms with Crippen molar-refractivity contribution >= 4 is 5.97 Å². The van der Waals surface area contributed by atoms with E-state index in [4.69, 9.17) is 9.84 Å². The van der Waals surface area contributed by atoms with Crippen LogP contribution in [0.25, 0.3) is 0 Å². The number of nitrogens with zero attached hydrogens (tertiary/aromatic N) is 2. The Kier molecular flexibility index (Phi) is 4.94. The van der Waals surface area contributed by atoms with Crippen LogP contribution in [0.3, 0.4) is 0 Å². The maximum Gasteiger partial charge on any atom is 0.339 e. The van der Waals surface area contributed by atoms with Gasteiger partial charge in [0.1, 0.15) is 11.3 Å². The number of aryl methyl sites for hydroxylation is 1. The normalized spacial score (nSPS) is 10.6. The number of nitrogens with one attached hydrogen (secondary N) is 1. The van der Waals surface area contributed by atoms with E-state index in [1.54, 1.807) is 18.8 Å². The molecule has 2 aromatic rings. The standard InChI is InChI=1S/C15H19N3O3/c1-18-13(12(9-17-18)15(19)20)10-16-8-7-11-5-3-4-6-14(11)21-2/h3-6,9,16H,7-8,10H2,1-2H3,(H,19,20). The SMILES string of the molecule is COc1ccccc1CCNCc1c(C(=O)O)cnn1C. The summed E-state index contributed by atoms with van der Waals surface area (Å²) in [7, 11) is 3.39. The summed E-state index contributed by atoms with van der Waals surface area (Å²) in [5, 5.41) is 16.3. The second kappa shape index (κ2) is 6.90. The summed E-state index contributed by atoms with van der Waals surface area (Å²) in [6.07, 6.45) is 2.18. The number of hydrogen-bond acceptors (Lipinski definition) is 4. The van der Waals surface area contributed by atoms with Gasteiger partial charge in [-0.1, -0.05) is 18.2 Å². The number of methoxy groups -OCH3 is 1. The molecule has 112 valence electrons. The van der Waals surface area contributed by atoms with Gasteiger partial charge in [-0.25, -0.2) is 4.79 Å². The van der Waals surface area contributed by atoms with Crippen LogP contribution in [0.2, 0.25) is 0 Å². The van der Waals surface area contributed by atoms with Gasteiger partial charge in [-0.15, -0.1) is 0 Å². The van der Waals surface area contributed by atoms with Gasteiger partial charge in [-0.2, -0.15) is 5.10 Å². The number of hydrogen-bond donors (Lipinski definition) is 2. The van der Waals surface area contributed by atoms with Gasteiger partial charge >= 0.3 is 5.97 Å². The van der Waals surface area contributed by atoms with Crippen molar-refractivity contribution in [2.45, 2.75) is 13.0 Å². The molecule has 0 amide bonds. The molecule has 0 spiro atoms. The van der Waals surface area contributed by atoms with Gasteiger partial charge in [0.15, 0.2) is 0 Å². The van der Waals surface area contributed by atoms with E-state index in [0.29, 0.717) is 12.2 Å². The van der Waals surface area contributed by atoms with Gasteiger partial charge in [0.25, 0.3) is 0 Å². The summed E-state index contributed by atoms with van der Waals surface area (Å²) in [5.41, 5.74) is 2.03. The molecule has 0 saturated carbocycles. The van der Waals surface area contributed by atoms with Crippen molar-refractivity contribution in [2.24, 2.45) is 7.05 Å². The van der Waals surface area contributed by atoms with Crippen LogP contribution in [-0.2, 0) is 20.0 Å². The third-order valence-electron chi connectivity index (χ3n) is 3.35. The average Bonchev–Trinajstić information content (AvgIpc) is 2.85. The zero-order chi connectivity index (χ0) is 15.2. The van der Waals surface area contributed by atoms with E-state index in [9.17, 15) is 4.79 Å². The van der Waals surface area contributed by atoms with Crippen molar-refractivity contribution in [1.82, 2.24) is 15.1 Å². The first-order chi connectivity index (χ1) is 10.1. The summed E-state index contributed by atoms with van der Waals surface area (Å²) >= 11 is 0. The summed E-state index contributed by atoms with van der Waals surface area (Å²) in [6.45, 7) is 1.19. The Labute approximate surface area is 123 Å². The van der Waals surface area contributed by atoms with Crippen LogP contribution in [0.4, 0.5) is 0 Å². The molecule has 2 N–H and O–H groups in total. The summed E-state index contributed by atoms with van der Waals surface area (Å²) in [6, 6.07) is 7.86. The molecule has 6 heteroatoms. The van der Waals surface area contributed by atoms with Crippen LogP contribution in [0.5, 0.6) is 5.75 Å². The molecule has 1 aromatic heterocycles. The molecule has 0 aliphatic carbocycles. The molecule has 0 fully saturated rings. The number of aromatic carboxylic acids is 1. The maximum atomic E-state index is 11.1. The molecule has 0 radical (unpaired) electrons. The van der Waals surface area contributed by atoms with E-state index >= 15 is 0 Å². The molecule has 1 heterocycles. The van der Waals surface area contributed by atoms with Crippen molar-refractivity contribution in [3.8, 4) is 5.75 Å². The zero-order valence-corrected chi connectivity index (χ0v) is 12.2. The van der Waals surface area contributed by atoms with Gasteiger partial charge in [0.2, 0.25) is 0 Å². The molecule has 2 rings (SSSR count). The predicted octanol–water partition coefficient (Wildman–Crippen LogP) is 1.46. The first-order valence-electron chi connectivity index (χ1n) is 6.70. The largest absolute Gasteiger partial charge is 0.496 e.